The summed E-state index contributed by atoms with van der Waals surface area (Å²) in [5, 5.41) is 9.45. The molecule has 1 saturated heterocycles. The lowest BCUT2D eigenvalue weighted by Crippen LogP contribution is -2.41. The Kier molecular flexibility index (Phi) is 7.25. The zero-order valence-corrected chi connectivity index (χ0v) is 16.3. The van der Waals surface area contributed by atoms with Crippen molar-refractivity contribution in [3.63, 3.8) is 0 Å². The van der Waals surface area contributed by atoms with Crippen LogP contribution >= 0.6 is 0 Å². The van der Waals surface area contributed by atoms with Gasteiger partial charge in [0.2, 0.25) is 0 Å². The first-order valence-electron chi connectivity index (χ1n) is 10.1. The largest absolute Gasteiger partial charge is 0.508 e. The smallest absolute Gasteiger partial charge is 0.123 e. The van der Waals surface area contributed by atoms with Gasteiger partial charge in [-0.05, 0) is 73.7 Å². The van der Waals surface area contributed by atoms with Crippen molar-refractivity contribution >= 4 is 0 Å². The molecule has 0 amide bonds. The number of nitrogens with zero attached hydrogens (tertiary/aromatic N) is 2. The number of aromatic hydroxyl groups is 1. The molecular weight excluding hydrogens is 339 g/mol. The molecule has 0 aromatic heterocycles. The van der Waals surface area contributed by atoms with Crippen LogP contribution in [0.4, 0.5) is 4.39 Å². The number of phenolic OH excluding ortho intramolecular Hbond substituents is 1. The number of piperidine rings is 1. The van der Waals surface area contributed by atoms with Crippen LogP contribution < -0.4 is 0 Å². The summed E-state index contributed by atoms with van der Waals surface area (Å²) < 4.78 is 13.3. The van der Waals surface area contributed by atoms with E-state index in [-0.39, 0.29) is 5.82 Å². The third-order valence-corrected chi connectivity index (χ3v) is 5.51. The van der Waals surface area contributed by atoms with Crippen molar-refractivity contribution in [3.05, 3.63) is 65.5 Å². The zero-order valence-electron chi connectivity index (χ0n) is 16.3. The van der Waals surface area contributed by atoms with Gasteiger partial charge in [0.1, 0.15) is 11.6 Å². The predicted octanol–water partition coefficient (Wildman–Crippen LogP) is 4.31. The van der Waals surface area contributed by atoms with Crippen LogP contribution in [0.3, 0.4) is 0 Å². The van der Waals surface area contributed by atoms with Gasteiger partial charge in [-0.2, -0.15) is 0 Å². The predicted molar refractivity (Wildman–Crippen MR) is 108 cm³/mol. The molecule has 0 saturated carbocycles. The van der Waals surface area contributed by atoms with Crippen LogP contribution in [0.25, 0.3) is 0 Å². The van der Waals surface area contributed by atoms with E-state index in [2.05, 4.69) is 16.7 Å². The summed E-state index contributed by atoms with van der Waals surface area (Å²) in [5.41, 5.74) is 2.33. The van der Waals surface area contributed by atoms with Gasteiger partial charge in [-0.25, -0.2) is 4.39 Å². The number of phenols is 1. The number of hydrogen-bond donors (Lipinski definition) is 1. The monoisotopic (exact) mass is 370 g/mol. The second-order valence-corrected chi connectivity index (χ2v) is 7.68. The maximum atomic E-state index is 13.3. The molecule has 0 spiro atoms. The minimum absolute atomic E-state index is 0.142. The summed E-state index contributed by atoms with van der Waals surface area (Å²) in [6.45, 7) is 8.55. The zero-order chi connectivity index (χ0) is 19.1. The number of hydrogen-bond acceptors (Lipinski definition) is 3. The summed E-state index contributed by atoms with van der Waals surface area (Å²) in [7, 11) is 0. The van der Waals surface area contributed by atoms with E-state index in [9.17, 15) is 9.50 Å². The highest BCUT2D eigenvalue weighted by Crippen LogP contribution is 2.20. The second kappa shape index (κ2) is 9.86. The fraction of sp³-hybridized carbons (Fsp3) is 0.478. The molecule has 3 rings (SSSR count). The Hall–Kier alpha value is -1.91. The van der Waals surface area contributed by atoms with Crippen molar-refractivity contribution in [2.24, 2.45) is 5.92 Å². The Morgan fingerprint density at radius 3 is 2.70 bits per heavy atom. The molecule has 1 fully saturated rings. The van der Waals surface area contributed by atoms with E-state index in [1.807, 2.05) is 18.2 Å². The van der Waals surface area contributed by atoms with Gasteiger partial charge in [-0.3, -0.25) is 4.90 Å². The van der Waals surface area contributed by atoms with E-state index in [1.165, 1.54) is 24.5 Å². The van der Waals surface area contributed by atoms with Crippen LogP contribution in [-0.2, 0) is 13.0 Å². The molecule has 4 heteroatoms. The van der Waals surface area contributed by atoms with Gasteiger partial charge in [-0.1, -0.05) is 31.2 Å². The van der Waals surface area contributed by atoms with E-state index >= 15 is 0 Å². The SMILES string of the molecule is CCN(Cc1ccc(O)cc1)C[C@H]1CCCN(CCc2cccc(F)c2)C1. The van der Waals surface area contributed by atoms with E-state index in [4.69, 9.17) is 0 Å². The molecule has 146 valence electrons. The maximum absolute atomic E-state index is 13.3. The molecule has 2 aromatic rings. The number of benzene rings is 2. The molecule has 1 atom stereocenters. The Morgan fingerprint density at radius 2 is 1.96 bits per heavy atom. The van der Waals surface area contributed by atoms with Gasteiger partial charge in [0.25, 0.3) is 0 Å². The first-order chi connectivity index (χ1) is 13.1. The molecule has 1 aliphatic heterocycles. The van der Waals surface area contributed by atoms with Crippen LogP contribution in [0.1, 0.15) is 30.9 Å². The molecule has 1 aliphatic rings. The molecule has 2 aromatic carbocycles. The lowest BCUT2D eigenvalue weighted by atomic mass is 9.96. The van der Waals surface area contributed by atoms with E-state index in [1.54, 1.807) is 24.3 Å². The van der Waals surface area contributed by atoms with Crippen molar-refractivity contribution in [1.82, 2.24) is 9.80 Å². The summed E-state index contributed by atoms with van der Waals surface area (Å²) >= 11 is 0. The van der Waals surface area contributed by atoms with Gasteiger partial charge >= 0.3 is 0 Å². The number of halogens is 1. The van der Waals surface area contributed by atoms with Crippen molar-refractivity contribution in [2.45, 2.75) is 32.7 Å². The second-order valence-electron chi connectivity index (χ2n) is 7.68. The third kappa shape index (κ3) is 6.33. The van der Waals surface area contributed by atoms with Crippen LogP contribution in [0, 0.1) is 11.7 Å². The minimum atomic E-state index is -0.142. The quantitative estimate of drug-likeness (QED) is 0.750. The van der Waals surface area contributed by atoms with Gasteiger partial charge in [-0.15, -0.1) is 0 Å². The lowest BCUT2D eigenvalue weighted by molar-refractivity contribution is 0.133. The Labute approximate surface area is 162 Å². The van der Waals surface area contributed by atoms with Gasteiger partial charge in [0.15, 0.2) is 0 Å². The lowest BCUT2D eigenvalue weighted by Gasteiger charge is -2.35. The minimum Gasteiger partial charge on any atom is -0.508 e. The summed E-state index contributed by atoms with van der Waals surface area (Å²) in [4.78, 5) is 5.03. The normalized spacial score (nSPS) is 18.1. The molecule has 0 bridgehead atoms. The highest BCUT2D eigenvalue weighted by molar-refractivity contribution is 5.25. The summed E-state index contributed by atoms with van der Waals surface area (Å²) in [5.74, 6) is 0.864. The topological polar surface area (TPSA) is 26.7 Å². The first-order valence-corrected chi connectivity index (χ1v) is 10.1. The fourth-order valence-corrected chi connectivity index (χ4v) is 4.01. The van der Waals surface area contributed by atoms with E-state index in [0.29, 0.717) is 11.7 Å². The summed E-state index contributed by atoms with van der Waals surface area (Å²) in [6, 6.07) is 14.5. The van der Waals surface area contributed by atoms with Crippen LogP contribution in [0.5, 0.6) is 5.75 Å². The summed E-state index contributed by atoms with van der Waals surface area (Å²) in [6.07, 6.45) is 3.43. The van der Waals surface area contributed by atoms with Gasteiger partial charge in [0.05, 0.1) is 0 Å². The van der Waals surface area contributed by atoms with Crippen LogP contribution in [0.15, 0.2) is 48.5 Å². The molecule has 0 unspecified atom stereocenters. The molecular formula is C23H31FN2O. The maximum Gasteiger partial charge on any atom is 0.123 e. The third-order valence-electron chi connectivity index (χ3n) is 5.51. The van der Waals surface area contributed by atoms with Crippen molar-refractivity contribution in [3.8, 4) is 5.75 Å². The average Bonchev–Trinajstić information content (AvgIpc) is 2.68. The molecule has 3 nitrogen and oxygen atoms in total. The first kappa shape index (κ1) is 19.8. The fourth-order valence-electron chi connectivity index (χ4n) is 4.01. The van der Waals surface area contributed by atoms with Gasteiger partial charge in [0, 0.05) is 26.2 Å². The highest BCUT2D eigenvalue weighted by Gasteiger charge is 2.21. The molecule has 27 heavy (non-hydrogen) atoms. The molecule has 0 radical (unpaired) electrons. The molecule has 0 aliphatic carbocycles. The van der Waals surface area contributed by atoms with E-state index in [0.717, 1.165) is 51.3 Å². The average molecular weight is 371 g/mol. The van der Waals surface area contributed by atoms with Gasteiger partial charge < -0.3 is 10.0 Å². The highest BCUT2D eigenvalue weighted by atomic mass is 19.1. The van der Waals surface area contributed by atoms with Crippen LogP contribution in [0.2, 0.25) is 0 Å². The Bertz CT molecular complexity index is 704. The molecule has 1 N–H and O–H groups in total. The number of rotatable bonds is 8. The van der Waals surface area contributed by atoms with Crippen molar-refractivity contribution in [2.75, 3.05) is 32.7 Å². The van der Waals surface area contributed by atoms with Crippen LogP contribution in [-0.4, -0.2) is 47.6 Å². The van der Waals surface area contributed by atoms with E-state index < -0.39 is 0 Å². The standard InChI is InChI=1S/C23H31FN2O/c1-2-25(16-20-8-10-23(27)11-9-20)17-21-6-4-13-26(18-21)14-12-19-5-3-7-22(24)15-19/h3,5,7-11,15,21,27H,2,4,6,12-14,16-18H2,1H3/t21-/m1/s1. The Morgan fingerprint density at radius 1 is 1.15 bits per heavy atom. The number of likely N-dealkylation sites (tertiary alicyclic amines) is 1. The van der Waals surface area contributed by atoms with Crippen molar-refractivity contribution < 1.29 is 9.50 Å². The van der Waals surface area contributed by atoms with Crippen molar-refractivity contribution in [1.29, 1.82) is 0 Å². The molecule has 1 heterocycles. The Balaban J connectivity index is 1.48.